The molecule has 0 heterocycles. The predicted octanol–water partition coefficient (Wildman–Crippen LogP) is 3.51. The molecule has 1 atom stereocenters. The molecule has 0 saturated carbocycles. The molecule has 0 aliphatic heterocycles. The summed E-state index contributed by atoms with van der Waals surface area (Å²) in [7, 11) is 2.13. The summed E-state index contributed by atoms with van der Waals surface area (Å²) in [6.45, 7) is 2.51. The van der Waals surface area contributed by atoms with E-state index in [9.17, 15) is 0 Å². The lowest BCUT2D eigenvalue weighted by atomic mass is 9.98. The van der Waals surface area contributed by atoms with E-state index >= 15 is 0 Å². The van der Waals surface area contributed by atoms with Crippen molar-refractivity contribution < 1.29 is 0 Å². The Labute approximate surface area is 126 Å². The standard InChI is InChI=1S/C17H21ClN2/c1-20(12-14-7-9-17(18)10-8-14)13-16(11-19)15-5-3-2-4-6-15/h2-10,16H,11-13,19H2,1H3. The van der Waals surface area contributed by atoms with Gasteiger partial charge in [0.15, 0.2) is 0 Å². The number of likely N-dealkylation sites (N-methyl/N-ethyl adjacent to an activating group) is 1. The van der Waals surface area contributed by atoms with Gasteiger partial charge in [-0.3, -0.25) is 0 Å². The summed E-state index contributed by atoms with van der Waals surface area (Å²) in [6, 6.07) is 18.5. The zero-order chi connectivity index (χ0) is 14.4. The van der Waals surface area contributed by atoms with Gasteiger partial charge in [0.25, 0.3) is 0 Å². The van der Waals surface area contributed by atoms with E-state index in [1.807, 2.05) is 18.2 Å². The zero-order valence-corrected chi connectivity index (χ0v) is 12.6. The highest BCUT2D eigenvalue weighted by molar-refractivity contribution is 6.30. The molecule has 1 unspecified atom stereocenters. The molecule has 2 nitrogen and oxygen atoms in total. The highest BCUT2D eigenvalue weighted by Gasteiger charge is 2.12. The first-order valence-corrected chi connectivity index (χ1v) is 7.25. The van der Waals surface area contributed by atoms with Crippen molar-refractivity contribution in [2.45, 2.75) is 12.5 Å². The fourth-order valence-corrected chi connectivity index (χ4v) is 2.51. The minimum absolute atomic E-state index is 0.369. The molecule has 106 valence electrons. The number of hydrogen-bond donors (Lipinski definition) is 1. The summed E-state index contributed by atoms with van der Waals surface area (Å²) in [5.41, 5.74) is 8.49. The van der Waals surface area contributed by atoms with Gasteiger partial charge in [0.2, 0.25) is 0 Å². The van der Waals surface area contributed by atoms with Crippen LogP contribution < -0.4 is 5.73 Å². The van der Waals surface area contributed by atoms with Gasteiger partial charge in [-0.2, -0.15) is 0 Å². The van der Waals surface area contributed by atoms with E-state index in [2.05, 4.69) is 48.3 Å². The molecule has 0 aliphatic rings. The molecule has 3 heteroatoms. The SMILES string of the molecule is CN(Cc1ccc(Cl)cc1)CC(CN)c1ccccc1. The second-order valence-corrected chi connectivity index (χ2v) is 5.60. The topological polar surface area (TPSA) is 29.3 Å². The Bertz CT molecular complexity index is 510. The van der Waals surface area contributed by atoms with E-state index < -0.39 is 0 Å². The van der Waals surface area contributed by atoms with Gasteiger partial charge in [0.1, 0.15) is 0 Å². The van der Waals surface area contributed by atoms with Gasteiger partial charge >= 0.3 is 0 Å². The molecule has 0 fully saturated rings. The summed E-state index contributed by atoms with van der Waals surface area (Å²) in [6.07, 6.45) is 0. The van der Waals surface area contributed by atoms with Crippen molar-refractivity contribution in [3.8, 4) is 0 Å². The summed E-state index contributed by atoms with van der Waals surface area (Å²) < 4.78 is 0. The maximum atomic E-state index is 5.92. The molecule has 0 amide bonds. The van der Waals surface area contributed by atoms with Gasteiger partial charge < -0.3 is 10.6 Å². The first-order chi connectivity index (χ1) is 9.69. The summed E-state index contributed by atoms with van der Waals surface area (Å²) in [4.78, 5) is 2.30. The maximum Gasteiger partial charge on any atom is 0.0406 e. The number of nitrogens with two attached hydrogens (primary N) is 1. The van der Waals surface area contributed by atoms with Crippen molar-refractivity contribution in [3.63, 3.8) is 0 Å². The van der Waals surface area contributed by atoms with Crippen LogP contribution in [-0.2, 0) is 6.54 Å². The normalized spacial score (nSPS) is 12.6. The average molecular weight is 289 g/mol. The van der Waals surface area contributed by atoms with Crippen molar-refractivity contribution in [2.24, 2.45) is 5.73 Å². The van der Waals surface area contributed by atoms with Crippen LogP contribution in [0.1, 0.15) is 17.0 Å². The van der Waals surface area contributed by atoms with Crippen molar-refractivity contribution in [1.29, 1.82) is 0 Å². The highest BCUT2D eigenvalue weighted by atomic mass is 35.5. The Kier molecular flexibility index (Phi) is 5.60. The first-order valence-electron chi connectivity index (χ1n) is 6.87. The molecule has 0 aliphatic carbocycles. The maximum absolute atomic E-state index is 5.92. The van der Waals surface area contributed by atoms with Gasteiger partial charge in [-0.05, 0) is 30.3 Å². The molecule has 0 bridgehead atoms. The molecule has 0 saturated heterocycles. The Morgan fingerprint density at radius 2 is 1.70 bits per heavy atom. The monoisotopic (exact) mass is 288 g/mol. The Morgan fingerprint density at radius 3 is 2.30 bits per heavy atom. The van der Waals surface area contributed by atoms with Crippen LogP contribution in [0.2, 0.25) is 5.02 Å². The van der Waals surface area contributed by atoms with Crippen LogP contribution in [-0.4, -0.2) is 25.0 Å². The fourth-order valence-electron chi connectivity index (χ4n) is 2.38. The molecule has 20 heavy (non-hydrogen) atoms. The first kappa shape index (κ1) is 15.0. The van der Waals surface area contributed by atoms with Crippen LogP contribution >= 0.6 is 11.6 Å². The van der Waals surface area contributed by atoms with Gasteiger partial charge in [0, 0.05) is 30.6 Å². The highest BCUT2D eigenvalue weighted by Crippen LogP contribution is 2.17. The molecule has 0 radical (unpaired) electrons. The van der Waals surface area contributed by atoms with Crippen molar-refractivity contribution >= 4 is 11.6 Å². The molecular formula is C17H21ClN2. The largest absolute Gasteiger partial charge is 0.330 e. The molecule has 0 spiro atoms. The summed E-state index contributed by atoms with van der Waals surface area (Å²) in [5.74, 6) is 0.369. The van der Waals surface area contributed by atoms with E-state index in [1.165, 1.54) is 11.1 Å². The van der Waals surface area contributed by atoms with Crippen LogP contribution in [0.5, 0.6) is 0 Å². The third kappa shape index (κ3) is 4.34. The van der Waals surface area contributed by atoms with Crippen molar-refractivity contribution in [3.05, 3.63) is 70.7 Å². The molecule has 2 aromatic rings. The lowest BCUT2D eigenvalue weighted by molar-refractivity contribution is 0.305. The number of halogens is 1. The summed E-state index contributed by atoms with van der Waals surface area (Å²) in [5, 5.41) is 0.778. The van der Waals surface area contributed by atoms with E-state index in [1.54, 1.807) is 0 Å². The number of nitrogens with zero attached hydrogens (tertiary/aromatic N) is 1. The van der Waals surface area contributed by atoms with Gasteiger partial charge in [-0.15, -0.1) is 0 Å². The fraction of sp³-hybridized carbons (Fsp3) is 0.294. The van der Waals surface area contributed by atoms with E-state index in [0.717, 1.165) is 18.1 Å². The lowest BCUT2D eigenvalue weighted by Gasteiger charge is -2.23. The van der Waals surface area contributed by atoms with Gasteiger partial charge in [0.05, 0.1) is 0 Å². The zero-order valence-electron chi connectivity index (χ0n) is 11.8. The Balaban J connectivity index is 1.95. The number of rotatable bonds is 6. The van der Waals surface area contributed by atoms with Crippen LogP contribution in [0.4, 0.5) is 0 Å². The minimum Gasteiger partial charge on any atom is -0.330 e. The van der Waals surface area contributed by atoms with E-state index in [0.29, 0.717) is 12.5 Å². The average Bonchev–Trinajstić information content (AvgIpc) is 2.48. The van der Waals surface area contributed by atoms with E-state index in [4.69, 9.17) is 17.3 Å². The second kappa shape index (κ2) is 7.44. The second-order valence-electron chi connectivity index (χ2n) is 5.17. The molecule has 2 aromatic carbocycles. The van der Waals surface area contributed by atoms with Crippen molar-refractivity contribution in [1.82, 2.24) is 4.90 Å². The molecule has 0 aromatic heterocycles. The third-order valence-corrected chi connectivity index (χ3v) is 3.71. The molecule has 2 rings (SSSR count). The number of benzene rings is 2. The lowest BCUT2D eigenvalue weighted by Crippen LogP contribution is -2.28. The molecular weight excluding hydrogens is 268 g/mol. The number of hydrogen-bond acceptors (Lipinski definition) is 2. The molecule has 2 N–H and O–H groups in total. The van der Waals surface area contributed by atoms with Crippen LogP contribution in [0, 0.1) is 0 Å². The Hall–Kier alpha value is -1.35. The third-order valence-electron chi connectivity index (χ3n) is 3.45. The van der Waals surface area contributed by atoms with Gasteiger partial charge in [-0.25, -0.2) is 0 Å². The summed E-state index contributed by atoms with van der Waals surface area (Å²) >= 11 is 5.90. The Morgan fingerprint density at radius 1 is 1.05 bits per heavy atom. The quantitative estimate of drug-likeness (QED) is 0.881. The van der Waals surface area contributed by atoms with Gasteiger partial charge in [-0.1, -0.05) is 54.1 Å². The smallest absolute Gasteiger partial charge is 0.0406 e. The van der Waals surface area contributed by atoms with Crippen LogP contribution in [0.3, 0.4) is 0 Å². The van der Waals surface area contributed by atoms with E-state index in [-0.39, 0.29) is 0 Å². The van der Waals surface area contributed by atoms with Crippen LogP contribution in [0.15, 0.2) is 54.6 Å². The predicted molar refractivity (Wildman–Crippen MR) is 86.0 cm³/mol. The minimum atomic E-state index is 0.369. The van der Waals surface area contributed by atoms with Crippen molar-refractivity contribution in [2.75, 3.05) is 20.1 Å². The van der Waals surface area contributed by atoms with Crippen LogP contribution in [0.25, 0.3) is 0 Å².